The molecule has 20 heavy (non-hydrogen) atoms. The Morgan fingerprint density at radius 1 is 1.30 bits per heavy atom. The number of piperidine rings is 1. The molecule has 1 aromatic carbocycles. The molecule has 0 bridgehead atoms. The topological polar surface area (TPSA) is 29.5 Å². The number of likely N-dealkylation sites (tertiary alicyclic amines) is 1. The van der Waals surface area contributed by atoms with Gasteiger partial charge in [0.05, 0.1) is 13.2 Å². The summed E-state index contributed by atoms with van der Waals surface area (Å²) >= 11 is 6.15. The molecule has 108 valence electrons. The summed E-state index contributed by atoms with van der Waals surface area (Å²) in [6.07, 6.45) is 2.01. The first-order chi connectivity index (χ1) is 9.65. The van der Waals surface area contributed by atoms with Crippen LogP contribution in [0.15, 0.2) is 18.2 Å². The lowest BCUT2D eigenvalue weighted by Crippen LogP contribution is -2.40. The summed E-state index contributed by atoms with van der Waals surface area (Å²) in [4.78, 5) is 14.5. The molecule has 3 nitrogen and oxygen atoms in total. The first kappa shape index (κ1) is 13.9. The van der Waals surface area contributed by atoms with E-state index in [2.05, 4.69) is 0 Å². The van der Waals surface area contributed by atoms with Gasteiger partial charge >= 0.3 is 0 Å². The largest absolute Gasteiger partial charge is 0.372 e. The van der Waals surface area contributed by atoms with Crippen LogP contribution in [0, 0.1) is 5.92 Å². The van der Waals surface area contributed by atoms with E-state index in [-0.39, 0.29) is 11.3 Å². The highest BCUT2D eigenvalue weighted by atomic mass is 35.5. The number of halogens is 1. The van der Waals surface area contributed by atoms with Crippen LogP contribution in [0.25, 0.3) is 0 Å². The van der Waals surface area contributed by atoms with Gasteiger partial charge in [0.25, 0.3) is 5.91 Å². The van der Waals surface area contributed by atoms with E-state index < -0.39 is 0 Å². The summed E-state index contributed by atoms with van der Waals surface area (Å²) in [5.74, 6) is 0.675. The molecule has 4 heteroatoms. The Labute approximate surface area is 124 Å². The molecule has 1 unspecified atom stereocenters. The summed E-state index contributed by atoms with van der Waals surface area (Å²) in [5, 5.41) is 0.199. The van der Waals surface area contributed by atoms with E-state index >= 15 is 0 Å². The van der Waals surface area contributed by atoms with E-state index in [1.54, 1.807) is 0 Å². The average molecular weight is 294 g/mol. The normalized spacial score (nSPS) is 20.8. The van der Waals surface area contributed by atoms with Crippen LogP contribution in [0.4, 0.5) is 0 Å². The van der Waals surface area contributed by atoms with Crippen molar-refractivity contribution in [3.63, 3.8) is 0 Å². The van der Waals surface area contributed by atoms with Crippen LogP contribution in [-0.4, -0.2) is 29.3 Å². The molecule has 0 saturated carbocycles. The van der Waals surface area contributed by atoms with Crippen LogP contribution in [0.2, 0.25) is 0 Å². The van der Waals surface area contributed by atoms with Gasteiger partial charge in [-0.3, -0.25) is 4.79 Å². The molecule has 1 fully saturated rings. The lowest BCUT2D eigenvalue weighted by Gasteiger charge is -2.33. The molecule has 2 aliphatic rings. The molecule has 0 aliphatic carbocycles. The average Bonchev–Trinajstić information content (AvgIpc) is 2.94. The zero-order valence-electron chi connectivity index (χ0n) is 11.8. The lowest BCUT2D eigenvalue weighted by atomic mass is 9.93. The molecular formula is C16H20ClNO2. The van der Waals surface area contributed by atoms with E-state index in [4.69, 9.17) is 16.3 Å². The Hall–Kier alpha value is -1.06. The fraction of sp³-hybridized carbons (Fsp3) is 0.562. The predicted octanol–water partition coefficient (Wildman–Crippen LogP) is 3.20. The number of hydrogen-bond acceptors (Lipinski definition) is 2. The molecule has 2 heterocycles. The maximum atomic E-state index is 12.5. The Balaban J connectivity index is 1.68. The fourth-order valence-electron chi connectivity index (χ4n) is 3.05. The van der Waals surface area contributed by atoms with Crippen LogP contribution in [0.3, 0.4) is 0 Å². The SMILES string of the molecule is CC(Cl)C1CCN(C(=O)c2ccc3c(c2)COC3)CC1. The van der Waals surface area contributed by atoms with Crippen molar-refractivity contribution in [1.29, 1.82) is 0 Å². The number of carbonyl (C=O) groups is 1. The van der Waals surface area contributed by atoms with E-state index in [0.717, 1.165) is 37.1 Å². The minimum Gasteiger partial charge on any atom is -0.372 e. The zero-order chi connectivity index (χ0) is 14.1. The molecule has 0 N–H and O–H groups in total. The number of rotatable bonds is 2. The second-order valence-corrected chi connectivity index (χ2v) is 6.47. The van der Waals surface area contributed by atoms with Crippen molar-refractivity contribution in [2.24, 2.45) is 5.92 Å². The first-order valence-electron chi connectivity index (χ1n) is 7.28. The van der Waals surface area contributed by atoms with Gasteiger partial charge in [-0.15, -0.1) is 11.6 Å². The minimum absolute atomic E-state index is 0.139. The minimum atomic E-state index is 0.139. The van der Waals surface area contributed by atoms with Gasteiger partial charge in [0.1, 0.15) is 0 Å². The maximum absolute atomic E-state index is 12.5. The smallest absolute Gasteiger partial charge is 0.253 e. The second kappa shape index (κ2) is 5.74. The van der Waals surface area contributed by atoms with Crippen LogP contribution >= 0.6 is 11.6 Å². The lowest BCUT2D eigenvalue weighted by molar-refractivity contribution is 0.0690. The molecular weight excluding hydrogens is 274 g/mol. The number of hydrogen-bond donors (Lipinski definition) is 0. The maximum Gasteiger partial charge on any atom is 0.253 e. The third-order valence-electron chi connectivity index (χ3n) is 4.44. The molecule has 1 saturated heterocycles. The third kappa shape index (κ3) is 2.70. The summed E-state index contributed by atoms with van der Waals surface area (Å²) in [6.45, 7) is 4.97. The molecule has 3 rings (SSSR count). The molecule has 1 amide bonds. The number of alkyl halides is 1. The van der Waals surface area contributed by atoms with Crippen molar-refractivity contribution in [2.45, 2.75) is 38.4 Å². The first-order valence-corrected chi connectivity index (χ1v) is 7.71. The van der Waals surface area contributed by atoms with Crippen molar-refractivity contribution in [2.75, 3.05) is 13.1 Å². The van der Waals surface area contributed by atoms with Crippen LogP contribution < -0.4 is 0 Å². The van der Waals surface area contributed by atoms with Gasteiger partial charge in [0, 0.05) is 24.0 Å². The predicted molar refractivity (Wildman–Crippen MR) is 78.9 cm³/mol. The number of benzene rings is 1. The number of amides is 1. The number of carbonyl (C=O) groups excluding carboxylic acids is 1. The van der Waals surface area contributed by atoms with Crippen molar-refractivity contribution >= 4 is 17.5 Å². The molecule has 1 atom stereocenters. The van der Waals surface area contributed by atoms with Crippen LogP contribution in [0.1, 0.15) is 41.3 Å². The van der Waals surface area contributed by atoms with Gasteiger partial charge in [-0.25, -0.2) is 0 Å². The third-order valence-corrected chi connectivity index (χ3v) is 4.80. The molecule has 2 aliphatic heterocycles. The second-order valence-electron chi connectivity index (χ2n) is 5.78. The van der Waals surface area contributed by atoms with Crippen LogP contribution in [0.5, 0.6) is 0 Å². The van der Waals surface area contributed by atoms with E-state index in [9.17, 15) is 4.79 Å². The summed E-state index contributed by atoms with van der Waals surface area (Å²) < 4.78 is 5.40. The van der Waals surface area contributed by atoms with E-state index in [0.29, 0.717) is 19.1 Å². The molecule has 0 radical (unpaired) electrons. The van der Waals surface area contributed by atoms with Gasteiger partial charge in [0.15, 0.2) is 0 Å². The highest BCUT2D eigenvalue weighted by molar-refractivity contribution is 6.20. The fourth-order valence-corrected chi connectivity index (χ4v) is 3.30. The summed E-state index contributed by atoms with van der Waals surface area (Å²) in [5.41, 5.74) is 3.14. The molecule has 1 aromatic rings. The van der Waals surface area contributed by atoms with E-state index in [1.807, 2.05) is 30.0 Å². The van der Waals surface area contributed by atoms with Crippen molar-refractivity contribution < 1.29 is 9.53 Å². The standard InChI is InChI=1S/C16H20ClNO2/c1-11(17)12-4-6-18(7-5-12)16(19)13-2-3-14-9-20-10-15(14)8-13/h2-3,8,11-12H,4-7,9-10H2,1H3. The number of fused-ring (bicyclic) bond motifs is 1. The van der Waals surface area contributed by atoms with Crippen molar-refractivity contribution in [1.82, 2.24) is 4.90 Å². The van der Waals surface area contributed by atoms with Gasteiger partial charge in [-0.2, -0.15) is 0 Å². The highest BCUT2D eigenvalue weighted by Gasteiger charge is 2.26. The highest BCUT2D eigenvalue weighted by Crippen LogP contribution is 2.26. The Kier molecular flexibility index (Phi) is 3.99. The van der Waals surface area contributed by atoms with Crippen molar-refractivity contribution in [3.05, 3.63) is 34.9 Å². The van der Waals surface area contributed by atoms with E-state index in [1.165, 1.54) is 5.56 Å². The Bertz CT molecular complexity index is 507. The zero-order valence-corrected chi connectivity index (χ0v) is 12.5. The Morgan fingerprint density at radius 2 is 2.00 bits per heavy atom. The molecule has 0 spiro atoms. The van der Waals surface area contributed by atoms with Crippen molar-refractivity contribution in [3.8, 4) is 0 Å². The quantitative estimate of drug-likeness (QED) is 0.784. The molecule has 0 aromatic heterocycles. The summed E-state index contributed by atoms with van der Waals surface area (Å²) in [7, 11) is 0. The van der Waals surface area contributed by atoms with Gasteiger partial charge < -0.3 is 9.64 Å². The van der Waals surface area contributed by atoms with Gasteiger partial charge in [-0.1, -0.05) is 6.07 Å². The summed E-state index contributed by atoms with van der Waals surface area (Å²) in [6, 6.07) is 5.93. The van der Waals surface area contributed by atoms with Gasteiger partial charge in [-0.05, 0) is 48.9 Å². The number of ether oxygens (including phenoxy) is 1. The monoisotopic (exact) mass is 293 g/mol. The number of nitrogens with zero attached hydrogens (tertiary/aromatic N) is 1. The van der Waals surface area contributed by atoms with Crippen LogP contribution in [-0.2, 0) is 18.0 Å². The Morgan fingerprint density at radius 3 is 2.70 bits per heavy atom. The van der Waals surface area contributed by atoms with Gasteiger partial charge in [0.2, 0.25) is 0 Å².